The zero-order valence-corrected chi connectivity index (χ0v) is 14.6. The third kappa shape index (κ3) is 3.64. The average molecular weight is 337 g/mol. The van der Waals surface area contributed by atoms with Crippen molar-refractivity contribution in [1.29, 1.82) is 0 Å². The molecule has 0 spiro atoms. The normalized spacial score (nSPS) is 26.6. The number of likely N-dealkylation sites (tertiary alicyclic amines) is 1. The molecule has 2 aliphatic rings. The van der Waals surface area contributed by atoms with Crippen LogP contribution in [-0.4, -0.2) is 42.6 Å². The maximum atomic E-state index is 12.8. The molecule has 1 saturated heterocycles. The van der Waals surface area contributed by atoms with Crippen LogP contribution in [0.2, 0.25) is 5.02 Å². The number of hydrogen-bond donors (Lipinski definition) is 1. The van der Waals surface area contributed by atoms with Crippen molar-refractivity contribution < 1.29 is 9.53 Å². The molecule has 1 N–H and O–H groups in total. The van der Waals surface area contributed by atoms with Crippen molar-refractivity contribution in [2.75, 3.05) is 20.1 Å². The molecule has 2 atom stereocenters. The largest absolute Gasteiger partial charge is 0.476 e. The lowest BCUT2D eigenvalue weighted by molar-refractivity contribution is -0.131. The van der Waals surface area contributed by atoms with E-state index in [4.69, 9.17) is 16.3 Å². The van der Waals surface area contributed by atoms with Crippen LogP contribution < -0.4 is 10.1 Å². The van der Waals surface area contributed by atoms with E-state index >= 15 is 0 Å². The summed E-state index contributed by atoms with van der Waals surface area (Å²) >= 11 is 6.15. The maximum absolute atomic E-state index is 12.8. The third-order valence-corrected chi connectivity index (χ3v) is 5.35. The Morgan fingerprint density at radius 3 is 2.83 bits per heavy atom. The third-order valence-electron chi connectivity index (χ3n) is 5.04. The molecule has 23 heavy (non-hydrogen) atoms. The van der Waals surface area contributed by atoms with Gasteiger partial charge >= 0.3 is 0 Å². The van der Waals surface area contributed by atoms with Gasteiger partial charge in [-0.15, -0.1) is 0 Å². The number of hydrogen-bond acceptors (Lipinski definition) is 3. The number of amides is 1. The summed E-state index contributed by atoms with van der Waals surface area (Å²) in [5.74, 6) is 1.12. The van der Waals surface area contributed by atoms with Crippen molar-refractivity contribution in [3.63, 3.8) is 0 Å². The van der Waals surface area contributed by atoms with Gasteiger partial charge < -0.3 is 15.0 Å². The first-order chi connectivity index (χ1) is 11.0. The van der Waals surface area contributed by atoms with E-state index in [2.05, 4.69) is 24.2 Å². The van der Waals surface area contributed by atoms with Gasteiger partial charge in [0.05, 0.1) is 5.02 Å². The lowest BCUT2D eigenvalue weighted by Crippen LogP contribution is -2.53. The number of benzene rings is 1. The number of carbonyl (C=O) groups is 1. The molecular formula is C18H25ClN2O2. The standard InChI is InChI=1S/C18H25ClN2O2/c1-3-13-12-21(2)11-8-15(13)20-17(22)18(9-10-18)23-16-7-5-4-6-14(16)19/h4-7,13,15H,3,8-12H2,1-2H3,(H,20,22)/t13-,15-/m0/s1. The zero-order valence-electron chi connectivity index (χ0n) is 13.8. The van der Waals surface area contributed by atoms with Gasteiger partial charge in [0.2, 0.25) is 0 Å². The van der Waals surface area contributed by atoms with Gasteiger partial charge in [-0.25, -0.2) is 0 Å². The molecule has 0 aromatic heterocycles. The van der Waals surface area contributed by atoms with E-state index in [0.717, 1.165) is 38.8 Å². The van der Waals surface area contributed by atoms with Gasteiger partial charge in [0.15, 0.2) is 5.60 Å². The molecular weight excluding hydrogens is 312 g/mol. The van der Waals surface area contributed by atoms with Gasteiger partial charge in [0.25, 0.3) is 5.91 Å². The quantitative estimate of drug-likeness (QED) is 0.898. The van der Waals surface area contributed by atoms with E-state index in [0.29, 0.717) is 16.7 Å². The minimum Gasteiger partial charge on any atom is -0.476 e. The summed E-state index contributed by atoms with van der Waals surface area (Å²) in [4.78, 5) is 15.1. The van der Waals surface area contributed by atoms with Crippen LogP contribution in [0.25, 0.3) is 0 Å². The number of nitrogens with one attached hydrogen (secondary N) is 1. The fourth-order valence-corrected chi connectivity index (χ4v) is 3.52. The summed E-state index contributed by atoms with van der Waals surface area (Å²) in [5, 5.41) is 3.80. The highest BCUT2D eigenvalue weighted by atomic mass is 35.5. The molecule has 1 aliphatic heterocycles. The summed E-state index contributed by atoms with van der Waals surface area (Å²) < 4.78 is 5.98. The van der Waals surface area contributed by atoms with Crippen molar-refractivity contribution in [2.24, 2.45) is 5.92 Å². The summed E-state index contributed by atoms with van der Waals surface area (Å²) in [6.07, 6.45) is 3.59. The second-order valence-corrected chi connectivity index (χ2v) is 7.23. The summed E-state index contributed by atoms with van der Waals surface area (Å²) in [6, 6.07) is 7.59. The Labute approximate surface area is 143 Å². The molecule has 1 amide bonds. The second kappa shape index (κ2) is 6.70. The molecule has 3 rings (SSSR count). The van der Waals surface area contributed by atoms with E-state index in [1.54, 1.807) is 6.07 Å². The summed E-state index contributed by atoms with van der Waals surface area (Å²) in [5.41, 5.74) is -0.716. The van der Waals surface area contributed by atoms with Gasteiger partial charge in [-0.2, -0.15) is 0 Å². The van der Waals surface area contributed by atoms with Crippen LogP contribution in [0.1, 0.15) is 32.6 Å². The van der Waals surface area contributed by atoms with Crippen molar-refractivity contribution >= 4 is 17.5 Å². The monoisotopic (exact) mass is 336 g/mol. The highest BCUT2D eigenvalue weighted by molar-refractivity contribution is 6.32. The van der Waals surface area contributed by atoms with E-state index in [-0.39, 0.29) is 11.9 Å². The van der Waals surface area contributed by atoms with Crippen LogP contribution in [0.15, 0.2) is 24.3 Å². The van der Waals surface area contributed by atoms with Gasteiger partial charge in [0.1, 0.15) is 5.75 Å². The zero-order chi connectivity index (χ0) is 16.4. The van der Waals surface area contributed by atoms with Crippen LogP contribution in [0, 0.1) is 5.92 Å². The molecule has 1 aromatic carbocycles. The highest BCUT2D eigenvalue weighted by Gasteiger charge is 2.54. The van der Waals surface area contributed by atoms with Crippen molar-refractivity contribution in [3.8, 4) is 5.75 Å². The van der Waals surface area contributed by atoms with Gasteiger partial charge in [-0.05, 0) is 38.1 Å². The molecule has 0 radical (unpaired) electrons. The lowest BCUT2D eigenvalue weighted by atomic mass is 9.90. The first-order valence-electron chi connectivity index (χ1n) is 8.47. The summed E-state index contributed by atoms with van der Waals surface area (Å²) in [7, 11) is 2.14. The van der Waals surface area contributed by atoms with Crippen molar-refractivity contribution in [2.45, 2.75) is 44.2 Å². The Hall–Kier alpha value is -1.26. The number of halogens is 1. The Kier molecular flexibility index (Phi) is 4.83. The number of carbonyl (C=O) groups excluding carboxylic acids is 1. The molecule has 5 heteroatoms. The Balaban J connectivity index is 1.64. The van der Waals surface area contributed by atoms with Crippen LogP contribution >= 0.6 is 11.6 Å². The predicted octanol–water partition coefficient (Wildman–Crippen LogP) is 3.10. The number of ether oxygens (including phenoxy) is 1. The maximum Gasteiger partial charge on any atom is 0.264 e. The van der Waals surface area contributed by atoms with E-state index in [1.807, 2.05) is 18.2 Å². The van der Waals surface area contributed by atoms with Crippen LogP contribution in [0.4, 0.5) is 0 Å². The minimum absolute atomic E-state index is 0.0189. The van der Waals surface area contributed by atoms with E-state index in [1.165, 1.54) is 0 Å². The Bertz CT molecular complexity index is 574. The van der Waals surface area contributed by atoms with Crippen LogP contribution in [0.3, 0.4) is 0 Å². The van der Waals surface area contributed by atoms with E-state index < -0.39 is 5.60 Å². The number of nitrogens with zero attached hydrogens (tertiary/aromatic N) is 1. The van der Waals surface area contributed by atoms with Crippen LogP contribution in [0.5, 0.6) is 5.75 Å². The Morgan fingerprint density at radius 2 is 2.17 bits per heavy atom. The van der Waals surface area contributed by atoms with Gasteiger partial charge in [0, 0.05) is 25.4 Å². The number of rotatable bonds is 5. The second-order valence-electron chi connectivity index (χ2n) is 6.83. The lowest BCUT2D eigenvalue weighted by Gasteiger charge is -2.37. The molecule has 1 heterocycles. The minimum atomic E-state index is -0.716. The molecule has 1 aromatic rings. The fraction of sp³-hybridized carbons (Fsp3) is 0.611. The first kappa shape index (κ1) is 16.6. The molecule has 2 fully saturated rings. The smallest absolute Gasteiger partial charge is 0.264 e. The molecule has 1 aliphatic carbocycles. The van der Waals surface area contributed by atoms with Gasteiger partial charge in [-0.1, -0.05) is 37.1 Å². The predicted molar refractivity (Wildman–Crippen MR) is 91.9 cm³/mol. The SMILES string of the molecule is CC[C@H]1CN(C)CC[C@@H]1NC(=O)C1(Oc2ccccc2Cl)CC1. The number of para-hydroxylation sites is 1. The topological polar surface area (TPSA) is 41.6 Å². The van der Waals surface area contributed by atoms with Crippen LogP contribution in [-0.2, 0) is 4.79 Å². The molecule has 126 valence electrons. The average Bonchev–Trinajstić information content (AvgIpc) is 3.32. The van der Waals surface area contributed by atoms with Crippen molar-refractivity contribution in [3.05, 3.63) is 29.3 Å². The summed E-state index contributed by atoms with van der Waals surface area (Å²) in [6.45, 7) is 4.26. The Morgan fingerprint density at radius 1 is 1.43 bits per heavy atom. The molecule has 0 unspecified atom stereocenters. The first-order valence-corrected chi connectivity index (χ1v) is 8.85. The molecule has 0 bridgehead atoms. The van der Waals surface area contributed by atoms with Crippen molar-refractivity contribution in [1.82, 2.24) is 10.2 Å². The van der Waals surface area contributed by atoms with Gasteiger partial charge in [-0.3, -0.25) is 4.79 Å². The van der Waals surface area contributed by atoms with E-state index in [9.17, 15) is 4.79 Å². The molecule has 4 nitrogen and oxygen atoms in total. The highest BCUT2D eigenvalue weighted by Crippen LogP contribution is 2.42. The number of piperidine rings is 1. The molecule has 1 saturated carbocycles. The fourth-order valence-electron chi connectivity index (χ4n) is 3.34.